The number of hydrogen-bond donors (Lipinski definition) is 4. The topological polar surface area (TPSA) is 95.6 Å². The number of hydrogen-bond acceptors (Lipinski definition) is 4. The van der Waals surface area contributed by atoms with E-state index in [1.165, 1.54) is 0 Å². The molecule has 0 fully saturated rings. The maximum atomic E-state index is 8.36. The first-order valence-corrected chi connectivity index (χ1v) is 4.13. The first-order chi connectivity index (χ1) is 6.74. The van der Waals surface area contributed by atoms with Gasteiger partial charge in [-0.15, -0.1) is 5.10 Å². The summed E-state index contributed by atoms with van der Waals surface area (Å²) in [6.07, 6.45) is 1.70. The van der Waals surface area contributed by atoms with Crippen molar-refractivity contribution >= 4 is 5.96 Å². The van der Waals surface area contributed by atoms with Crippen LogP contribution in [0.4, 0.5) is 0 Å². The van der Waals surface area contributed by atoms with E-state index >= 15 is 0 Å². The number of hydroxylamine groups is 1. The van der Waals surface area contributed by atoms with Crippen molar-refractivity contribution in [1.29, 1.82) is 0 Å². The van der Waals surface area contributed by atoms with Crippen LogP contribution >= 0.6 is 0 Å². The summed E-state index contributed by atoms with van der Waals surface area (Å²) in [5.74, 6) is -0.0900. The summed E-state index contributed by atoms with van der Waals surface area (Å²) in [7, 11) is 0. The van der Waals surface area contributed by atoms with Gasteiger partial charge >= 0.3 is 0 Å². The highest BCUT2D eigenvalue weighted by molar-refractivity contribution is 5.76. The zero-order chi connectivity index (χ0) is 10.4. The third-order valence-corrected chi connectivity index (χ3v) is 1.62. The Morgan fingerprint density at radius 1 is 1.64 bits per heavy atom. The summed E-state index contributed by atoms with van der Waals surface area (Å²) in [6.45, 7) is 1.89. The highest BCUT2D eigenvalue weighted by Crippen LogP contribution is 2.06. The van der Waals surface area contributed by atoms with Gasteiger partial charge < -0.3 is 5.73 Å². The Labute approximate surface area is 81.8 Å². The van der Waals surface area contributed by atoms with Crippen molar-refractivity contribution in [1.82, 2.24) is 15.9 Å². The molecular formula is C8H13N5O. The summed E-state index contributed by atoms with van der Waals surface area (Å²) in [6, 6.07) is 5.53. The predicted molar refractivity (Wildman–Crippen MR) is 52.3 cm³/mol. The van der Waals surface area contributed by atoms with Crippen molar-refractivity contribution in [2.24, 2.45) is 10.8 Å². The molecule has 0 radical (unpaired) electrons. The summed E-state index contributed by atoms with van der Waals surface area (Å²) >= 11 is 0. The summed E-state index contributed by atoms with van der Waals surface area (Å²) < 4.78 is 0. The van der Waals surface area contributed by atoms with Gasteiger partial charge in [-0.2, -0.15) is 0 Å². The van der Waals surface area contributed by atoms with Crippen LogP contribution in [0.15, 0.2) is 29.5 Å². The molecule has 1 heterocycles. The number of pyridine rings is 1. The first kappa shape index (κ1) is 10.3. The van der Waals surface area contributed by atoms with Crippen molar-refractivity contribution in [2.45, 2.75) is 13.0 Å². The van der Waals surface area contributed by atoms with E-state index in [1.54, 1.807) is 11.7 Å². The molecule has 0 spiro atoms. The monoisotopic (exact) mass is 195 g/mol. The Morgan fingerprint density at radius 3 is 3.00 bits per heavy atom. The van der Waals surface area contributed by atoms with Gasteiger partial charge in [0.1, 0.15) is 0 Å². The van der Waals surface area contributed by atoms with Crippen LogP contribution in [-0.2, 0) is 0 Å². The highest BCUT2D eigenvalue weighted by Gasteiger charge is 2.03. The third-order valence-electron chi connectivity index (χ3n) is 1.62. The van der Waals surface area contributed by atoms with Gasteiger partial charge in [-0.05, 0) is 19.1 Å². The molecule has 0 aliphatic heterocycles. The van der Waals surface area contributed by atoms with Crippen LogP contribution in [0.25, 0.3) is 0 Å². The molecule has 0 saturated carbocycles. The molecule has 1 atom stereocenters. The molecule has 6 heteroatoms. The maximum Gasteiger partial charge on any atom is 0.234 e. The quantitative estimate of drug-likeness (QED) is 0.308. The Bertz CT molecular complexity index is 300. The summed E-state index contributed by atoms with van der Waals surface area (Å²) in [4.78, 5) is 4.13. The smallest absolute Gasteiger partial charge is 0.234 e. The molecule has 14 heavy (non-hydrogen) atoms. The van der Waals surface area contributed by atoms with Crippen LogP contribution in [0.2, 0.25) is 0 Å². The van der Waals surface area contributed by atoms with Crippen molar-refractivity contribution in [3.05, 3.63) is 30.1 Å². The predicted octanol–water partition coefficient (Wildman–Crippen LogP) is -0.0593. The molecule has 0 aliphatic carbocycles. The number of nitrogens with zero attached hydrogens (tertiary/aromatic N) is 2. The van der Waals surface area contributed by atoms with Crippen LogP contribution in [-0.4, -0.2) is 16.2 Å². The SMILES string of the molecule is CC(N/N=C(/N)NO)c1ccccn1. The van der Waals surface area contributed by atoms with Gasteiger partial charge in [-0.3, -0.25) is 15.6 Å². The average Bonchev–Trinajstić information content (AvgIpc) is 2.26. The van der Waals surface area contributed by atoms with E-state index in [-0.39, 0.29) is 12.0 Å². The molecule has 1 aromatic heterocycles. The van der Waals surface area contributed by atoms with Crippen LogP contribution in [0, 0.1) is 0 Å². The second-order valence-electron chi connectivity index (χ2n) is 2.71. The van der Waals surface area contributed by atoms with Gasteiger partial charge in [-0.25, -0.2) is 5.48 Å². The normalized spacial score (nSPS) is 13.4. The van der Waals surface area contributed by atoms with Crippen LogP contribution in [0.5, 0.6) is 0 Å². The molecule has 0 saturated heterocycles. The molecule has 5 N–H and O–H groups in total. The second kappa shape index (κ2) is 5.03. The minimum Gasteiger partial charge on any atom is -0.367 e. The molecular weight excluding hydrogens is 182 g/mol. The van der Waals surface area contributed by atoms with Crippen LogP contribution in [0.3, 0.4) is 0 Å². The molecule has 1 aromatic rings. The Hall–Kier alpha value is -1.82. The van der Waals surface area contributed by atoms with Crippen molar-refractivity contribution in [2.75, 3.05) is 0 Å². The number of nitrogens with two attached hydrogens (primary N) is 1. The maximum absolute atomic E-state index is 8.36. The highest BCUT2D eigenvalue weighted by atomic mass is 16.5. The van der Waals surface area contributed by atoms with Gasteiger partial charge in [0.15, 0.2) is 0 Å². The first-order valence-electron chi connectivity index (χ1n) is 4.13. The van der Waals surface area contributed by atoms with Crippen molar-refractivity contribution in [3.63, 3.8) is 0 Å². The lowest BCUT2D eigenvalue weighted by molar-refractivity contribution is 0.231. The minimum absolute atomic E-state index is 0.0666. The molecule has 0 amide bonds. The fraction of sp³-hybridized carbons (Fsp3) is 0.250. The molecule has 0 aromatic carbocycles. The third kappa shape index (κ3) is 2.91. The van der Waals surface area contributed by atoms with E-state index in [2.05, 4.69) is 15.5 Å². The van der Waals surface area contributed by atoms with E-state index in [9.17, 15) is 0 Å². The average molecular weight is 195 g/mol. The molecule has 76 valence electrons. The van der Waals surface area contributed by atoms with Gasteiger partial charge in [0.05, 0.1) is 11.7 Å². The number of guanidine groups is 1. The fourth-order valence-corrected chi connectivity index (χ4v) is 0.890. The molecule has 0 bridgehead atoms. The number of rotatable bonds is 3. The molecule has 0 aliphatic rings. The number of hydrazone groups is 1. The molecule has 1 unspecified atom stereocenters. The Morgan fingerprint density at radius 2 is 2.43 bits per heavy atom. The lowest BCUT2D eigenvalue weighted by Gasteiger charge is -2.10. The van der Waals surface area contributed by atoms with Crippen molar-refractivity contribution in [3.8, 4) is 0 Å². The van der Waals surface area contributed by atoms with Gasteiger partial charge in [0.2, 0.25) is 5.96 Å². The van der Waals surface area contributed by atoms with Gasteiger partial charge in [-0.1, -0.05) is 6.07 Å². The summed E-state index contributed by atoms with van der Waals surface area (Å²) in [5.41, 5.74) is 10.5. The van der Waals surface area contributed by atoms with Crippen molar-refractivity contribution < 1.29 is 5.21 Å². The lowest BCUT2D eigenvalue weighted by Crippen LogP contribution is -2.31. The van der Waals surface area contributed by atoms with E-state index < -0.39 is 0 Å². The van der Waals surface area contributed by atoms with Gasteiger partial charge in [0, 0.05) is 6.20 Å². The zero-order valence-electron chi connectivity index (χ0n) is 7.81. The van der Waals surface area contributed by atoms with E-state index in [4.69, 9.17) is 10.9 Å². The van der Waals surface area contributed by atoms with E-state index in [0.29, 0.717) is 0 Å². The van der Waals surface area contributed by atoms with E-state index in [1.807, 2.05) is 25.1 Å². The lowest BCUT2D eigenvalue weighted by atomic mass is 10.2. The fourth-order valence-electron chi connectivity index (χ4n) is 0.890. The standard InChI is InChI=1S/C8H13N5O/c1-6(11-12-8(9)13-14)7-4-2-3-5-10-7/h2-6,11,14H,1H3,(H3,9,12,13). The van der Waals surface area contributed by atoms with Crippen LogP contribution < -0.4 is 16.6 Å². The van der Waals surface area contributed by atoms with Crippen LogP contribution in [0.1, 0.15) is 18.7 Å². The Balaban J connectivity index is 2.55. The molecule has 6 nitrogen and oxygen atoms in total. The second-order valence-corrected chi connectivity index (χ2v) is 2.71. The summed E-state index contributed by atoms with van der Waals surface area (Å²) in [5, 5.41) is 12.0. The molecule has 1 rings (SSSR count). The largest absolute Gasteiger partial charge is 0.367 e. The van der Waals surface area contributed by atoms with Gasteiger partial charge in [0.25, 0.3) is 0 Å². The Kier molecular flexibility index (Phi) is 3.69. The van der Waals surface area contributed by atoms with E-state index in [0.717, 1.165) is 5.69 Å². The zero-order valence-corrected chi connectivity index (χ0v) is 7.81. The number of nitrogens with one attached hydrogen (secondary N) is 2. The number of aromatic nitrogens is 1. The minimum atomic E-state index is -0.0900.